The molecule has 2 rings (SSSR count). The molecule has 0 saturated carbocycles. The van der Waals surface area contributed by atoms with Crippen LogP contribution in [0.25, 0.3) is 0 Å². The number of rotatable bonds is 6. The van der Waals surface area contributed by atoms with Crippen LogP contribution < -0.4 is 10.1 Å². The SMILES string of the molecule is CCOc1ccccc1NC(=O)COC(=O)c1ccc(Cl)cc1. The van der Waals surface area contributed by atoms with Gasteiger partial charge in [-0.1, -0.05) is 23.7 Å². The molecular weight excluding hydrogens is 318 g/mol. The quantitative estimate of drug-likeness (QED) is 0.821. The number of anilines is 1. The first-order valence-corrected chi connectivity index (χ1v) is 7.42. The van der Waals surface area contributed by atoms with Gasteiger partial charge in [0.1, 0.15) is 5.75 Å². The van der Waals surface area contributed by atoms with Gasteiger partial charge in [-0.05, 0) is 43.3 Å². The summed E-state index contributed by atoms with van der Waals surface area (Å²) in [5.41, 5.74) is 0.860. The van der Waals surface area contributed by atoms with Crippen LogP contribution in [-0.4, -0.2) is 25.1 Å². The Kier molecular flexibility index (Phi) is 6.00. The summed E-state index contributed by atoms with van der Waals surface area (Å²) in [6.07, 6.45) is 0. The lowest BCUT2D eigenvalue weighted by atomic mass is 10.2. The lowest BCUT2D eigenvalue weighted by molar-refractivity contribution is -0.119. The molecule has 0 heterocycles. The first-order valence-electron chi connectivity index (χ1n) is 7.04. The Morgan fingerprint density at radius 3 is 2.48 bits per heavy atom. The second-order valence-electron chi connectivity index (χ2n) is 4.56. The molecule has 0 atom stereocenters. The highest BCUT2D eigenvalue weighted by Crippen LogP contribution is 2.23. The van der Waals surface area contributed by atoms with Crippen molar-refractivity contribution in [1.82, 2.24) is 0 Å². The number of carbonyl (C=O) groups excluding carboxylic acids is 2. The summed E-state index contributed by atoms with van der Waals surface area (Å²) >= 11 is 5.75. The maximum Gasteiger partial charge on any atom is 0.338 e. The van der Waals surface area contributed by atoms with Crippen LogP contribution in [0.4, 0.5) is 5.69 Å². The molecule has 1 amide bonds. The molecule has 120 valence electrons. The second-order valence-corrected chi connectivity index (χ2v) is 5.00. The van der Waals surface area contributed by atoms with Gasteiger partial charge >= 0.3 is 5.97 Å². The van der Waals surface area contributed by atoms with Gasteiger partial charge in [-0.2, -0.15) is 0 Å². The molecule has 0 bridgehead atoms. The largest absolute Gasteiger partial charge is 0.492 e. The number of hydrogen-bond donors (Lipinski definition) is 1. The van der Waals surface area contributed by atoms with E-state index in [1.54, 1.807) is 36.4 Å². The van der Waals surface area contributed by atoms with Gasteiger partial charge in [-0.15, -0.1) is 0 Å². The van der Waals surface area contributed by atoms with E-state index in [2.05, 4.69) is 5.32 Å². The Morgan fingerprint density at radius 2 is 1.78 bits per heavy atom. The van der Waals surface area contributed by atoms with E-state index in [-0.39, 0.29) is 6.61 Å². The number of hydrogen-bond acceptors (Lipinski definition) is 4. The van der Waals surface area contributed by atoms with Gasteiger partial charge in [0.25, 0.3) is 5.91 Å². The molecule has 1 N–H and O–H groups in total. The Morgan fingerprint density at radius 1 is 1.09 bits per heavy atom. The summed E-state index contributed by atoms with van der Waals surface area (Å²) in [6.45, 7) is 1.95. The molecule has 0 unspecified atom stereocenters. The lowest BCUT2D eigenvalue weighted by Crippen LogP contribution is -2.21. The fraction of sp³-hybridized carbons (Fsp3) is 0.176. The van der Waals surface area contributed by atoms with Gasteiger partial charge < -0.3 is 14.8 Å². The predicted octanol–water partition coefficient (Wildman–Crippen LogP) is 3.53. The van der Waals surface area contributed by atoms with E-state index < -0.39 is 11.9 Å². The van der Waals surface area contributed by atoms with Crippen molar-refractivity contribution < 1.29 is 19.1 Å². The number of nitrogens with one attached hydrogen (secondary N) is 1. The average Bonchev–Trinajstić information content (AvgIpc) is 2.55. The zero-order valence-electron chi connectivity index (χ0n) is 12.5. The smallest absolute Gasteiger partial charge is 0.338 e. The van der Waals surface area contributed by atoms with Crippen molar-refractivity contribution in [3.63, 3.8) is 0 Å². The molecule has 0 spiro atoms. The van der Waals surface area contributed by atoms with Gasteiger partial charge in [-0.3, -0.25) is 4.79 Å². The zero-order valence-corrected chi connectivity index (χ0v) is 13.3. The molecule has 2 aromatic carbocycles. The van der Waals surface area contributed by atoms with Crippen molar-refractivity contribution in [3.8, 4) is 5.75 Å². The molecule has 0 aliphatic rings. The third-order valence-corrected chi connectivity index (χ3v) is 3.13. The number of amides is 1. The highest BCUT2D eigenvalue weighted by atomic mass is 35.5. The molecule has 2 aromatic rings. The minimum atomic E-state index is -0.588. The summed E-state index contributed by atoms with van der Waals surface area (Å²) in [5, 5.41) is 3.17. The molecule has 0 fully saturated rings. The number of benzene rings is 2. The molecule has 0 aromatic heterocycles. The highest BCUT2D eigenvalue weighted by molar-refractivity contribution is 6.30. The van der Waals surface area contributed by atoms with Gasteiger partial charge in [0, 0.05) is 5.02 Å². The normalized spacial score (nSPS) is 10.0. The topological polar surface area (TPSA) is 64.6 Å². The van der Waals surface area contributed by atoms with Crippen molar-refractivity contribution in [2.75, 3.05) is 18.5 Å². The van der Waals surface area contributed by atoms with Crippen molar-refractivity contribution in [1.29, 1.82) is 0 Å². The van der Waals surface area contributed by atoms with Crippen LogP contribution in [0, 0.1) is 0 Å². The third kappa shape index (κ3) is 5.00. The van der Waals surface area contributed by atoms with E-state index >= 15 is 0 Å². The van der Waals surface area contributed by atoms with Crippen molar-refractivity contribution >= 4 is 29.2 Å². The molecule has 23 heavy (non-hydrogen) atoms. The maximum atomic E-state index is 11.9. The molecule has 0 aliphatic heterocycles. The van der Waals surface area contributed by atoms with Crippen LogP contribution in [-0.2, 0) is 9.53 Å². The first-order chi connectivity index (χ1) is 11.1. The second kappa shape index (κ2) is 8.19. The maximum absolute atomic E-state index is 11.9. The predicted molar refractivity (Wildman–Crippen MR) is 88.0 cm³/mol. The fourth-order valence-corrected chi connectivity index (χ4v) is 1.96. The summed E-state index contributed by atoms with van der Waals surface area (Å²) in [6, 6.07) is 13.3. The highest BCUT2D eigenvalue weighted by Gasteiger charge is 2.12. The van der Waals surface area contributed by atoms with Crippen LogP contribution >= 0.6 is 11.6 Å². The van der Waals surface area contributed by atoms with Crippen molar-refractivity contribution in [2.24, 2.45) is 0 Å². The van der Waals surface area contributed by atoms with E-state index in [0.717, 1.165) is 0 Å². The van der Waals surface area contributed by atoms with Crippen molar-refractivity contribution in [2.45, 2.75) is 6.92 Å². The van der Waals surface area contributed by atoms with Crippen LogP contribution in [0.2, 0.25) is 5.02 Å². The van der Waals surface area contributed by atoms with Gasteiger partial charge in [-0.25, -0.2) is 4.79 Å². The summed E-state index contributed by atoms with van der Waals surface area (Å²) in [5.74, 6) is -0.471. The Bertz CT molecular complexity index is 685. The average molecular weight is 334 g/mol. The Balaban J connectivity index is 1.90. The summed E-state index contributed by atoms with van der Waals surface area (Å²) in [4.78, 5) is 23.7. The van der Waals surface area contributed by atoms with Crippen molar-refractivity contribution in [3.05, 3.63) is 59.1 Å². The fourth-order valence-electron chi connectivity index (χ4n) is 1.84. The Labute approximate surface area is 139 Å². The number of halogens is 1. The van der Waals surface area contributed by atoms with Crippen LogP contribution in [0.15, 0.2) is 48.5 Å². The first kappa shape index (κ1) is 16.8. The van der Waals surface area contributed by atoms with Crippen LogP contribution in [0.1, 0.15) is 17.3 Å². The number of carbonyl (C=O) groups is 2. The monoisotopic (exact) mass is 333 g/mol. The summed E-state index contributed by atoms with van der Waals surface area (Å²) in [7, 11) is 0. The molecule has 5 nitrogen and oxygen atoms in total. The van der Waals surface area contributed by atoms with Crippen LogP contribution in [0.5, 0.6) is 5.75 Å². The molecular formula is C17H16ClNO4. The van der Waals surface area contributed by atoms with E-state index in [1.807, 2.05) is 6.92 Å². The minimum absolute atomic E-state index is 0.330. The molecule has 0 saturated heterocycles. The van der Waals surface area contributed by atoms with Gasteiger partial charge in [0.05, 0.1) is 17.9 Å². The van der Waals surface area contributed by atoms with E-state index in [1.165, 1.54) is 12.1 Å². The van der Waals surface area contributed by atoms with E-state index in [0.29, 0.717) is 28.6 Å². The summed E-state index contributed by atoms with van der Waals surface area (Å²) < 4.78 is 10.4. The third-order valence-electron chi connectivity index (χ3n) is 2.88. The van der Waals surface area contributed by atoms with E-state index in [4.69, 9.17) is 21.1 Å². The number of para-hydroxylation sites is 2. The lowest BCUT2D eigenvalue weighted by Gasteiger charge is -2.11. The van der Waals surface area contributed by atoms with Gasteiger partial charge in [0.15, 0.2) is 6.61 Å². The number of ether oxygens (including phenoxy) is 2. The molecule has 0 radical (unpaired) electrons. The standard InChI is InChI=1S/C17H16ClNO4/c1-2-22-15-6-4-3-5-14(15)19-16(20)11-23-17(21)12-7-9-13(18)10-8-12/h3-10H,2,11H2,1H3,(H,19,20). The number of esters is 1. The molecule has 6 heteroatoms. The zero-order chi connectivity index (χ0) is 16.7. The van der Waals surface area contributed by atoms with Gasteiger partial charge in [0.2, 0.25) is 0 Å². The van der Waals surface area contributed by atoms with E-state index in [9.17, 15) is 9.59 Å². The van der Waals surface area contributed by atoms with Crippen LogP contribution in [0.3, 0.4) is 0 Å². The minimum Gasteiger partial charge on any atom is -0.492 e. The molecule has 0 aliphatic carbocycles. The Hall–Kier alpha value is -2.53.